The molecule has 21 heavy (non-hydrogen) atoms. The first kappa shape index (κ1) is 17.4. The smallest absolute Gasteiger partial charge is 0.289 e. The Bertz CT molecular complexity index is 653. The Balaban J connectivity index is 0.00000220. The Morgan fingerprint density at radius 1 is 1.43 bits per heavy atom. The highest BCUT2D eigenvalue weighted by molar-refractivity contribution is 7.11. The summed E-state index contributed by atoms with van der Waals surface area (Å²) in [7, 11) is 1.54. The Kier molecular flexibility index (Phi) is 6.58. The van der Waals surface area contributed by atoms with Gasteiger partial charge in [-0.2, -0.15) is 0 Å². The third kappa shape index (κ3) is 4.15. The summed E-state index contributed by atoms with van der Waals surface area (Å²) < 4.78 is 7.10. The van der Waals surface area contributed by atoms with E-state index >= 15 is 0 Å². The normalized spacial score (nSPS) is 10.4. The Hall–Kier alpha value is -1.66. The molecule has 1 aromatic heterocycles. The fourth-order valence-corrected chi connectivity index (χ4v) is 2.67. The molecular formula is C15H17BrN2O2S. The lowest BCUT2D eigenvalue weighted by Crippen LogP contribution is -3.00. The molecule has 1 aromatic carbocycles. The van der Waals surface area contributed by atoms with Crippen molar-refractivity contribution < 1.29 is 31.5 Å². The molecule has 0 saturated carbocycles. The number of nitrogens with zero attached hydrogens (tertiary/aromatic N) is 2. The summed E-state index contributed by atoms with van der Waals surface area (Å²) >= 11 is 1.61. The van der Waals surface area contributed by atoms with E-state index < -0.39 is 0 Å². The molecule has 1 heterocycles. The van der Waals surface area contributed by atoms with Gasteiger partial charge in [0, 0.05) is 16.7 Å². The van der Waals surface area contributed by atoms with E-state index in [1.165, 1.54) is 0 Å². The van der Waals surface area contributed by atoms with Crippen LogP contribution >= 0.6 is 11.3 Å². The molecule has 0 aliphatic carbocycles. The zero-order chi connectivity index (χ0) is 14.5. The van der Waals surface area contributed by atoms with E-state index in [-0.39, 0.29) is 22.7 Å². The number of methoxy groups -OCH3 is 1. The van der Waals surface area contributed by atoms with Crippen molar-refractivity contribution in [1.82, 2.24) is 5.10 Å². The highest BCUT2D eigenvalue weighted by atomic mass is 79.9. The van der Waals surface area contributed by atoms with Gasteiger partial charge < -0.3 is 26.8 Å². The number of hydrogen-bond donors (Lipinski definition) is 1. The Morgan fingerprint density at radius 2 is 2.19 bits per heavy atom. The Morgan fingerprint density at radius 3 is 2.86 bits per heavy atom. The van der Waals surface area contributed by atoms with Crippen molar-refractivity contribution >= 4 is 23.5 Å². The maximum atomic E-state index is 9.74. The summed E-state index contributed by atoms with van der Waals surface area (Å²) in [6.45, 7) is 6.37. The van der Waals surface area contributed by atoms with Crippen LogP contribution in [0.3, 0.4) is 0 Å². The summed E-state index contributed by atoms with van der Waals surface area (Å²) in [4.78, 5) is 0. The predicted octanol–water partition coefficient (Wildman–Crippen LogP) is -0.186. The number of hydrogen-bond acceptors (Lipinski definition) is 4. The predicted molar refractivity (Wildman–Crippen MR) is 80.8 cm³/mol. The van der Waals surface area contributed by atoms with Gasteiger partial charge >= 0.3 is 0 Å². The lowest BCUT2D eigenvalue weighted by atomic mass is 10.1. The number of para-hydroxylation sites is 1. The third-order valence-corrected chi connectivity index (χ3v) is 3.64. The van der Waals surface area contributed by atoms with Crippen molar-refractivity contribution in [2.75, 3.05) is 7.11 Å². The third-order valence-electron chi connectivity index (χ3n) is 2.70. The van der Waals surface area contributed by atoms with Gasteiger partial charge in [0.25, 0.3) is 5.01 Å². The average Bonchev–Trinajstić information content (AvgIpc) is 2.77. The molecule has 0 fully saturated rings. The molecule has 112 valence electrons. The lowest BCUT2D eigenvalue weighted by Gasteiger charge is -2.05. The lowest BCUT2D eigenvalue weighted by molar-refractivity contribution is -0.741. The van der Waals surface area contributed by atoms with Crippen molar-refractivity contribution in [3.8, 4) is 11.5 Å². The molecule has 0 spiro atoms. The standard InChI is InChI=1S/C15H16N2O2S.BrH/c1-4-10-17-14(20-11(2)16-17)9-8-12-6-5-7-13(18)15(12)19-3;/h4-9H,1,10H2,2-3H3;1H/b9-8+;. The molecule has 1 N–H and O–H groups in total. The number of aryl methyl sites for hydroxylation is 1. The molecule has 2 aromatic rings. The number of halogens is 1. The molecule has 0 aliphatic heterocycles. The van der Waals surface area contributed by atoms with Crippen molar-refractivity contribution in [2.45, 2.75) is 13.5 Å². The largest absolute Gasteiger partial charge is 1.00 e. The minimum absolute atomic E-state index is 0. The van der Waals surface area contributed by atoms with Crippen LogP contribution in [0.4, 0.5) is 0 Å². The molecule has 6 heteroatoms. The number of phenols is 1. The maximum Gasteiger partial charge on any atom is 0.289 e. The minimum atomic E-state index is 0. The second-order valence-corrected chi connectivity index (χ2v) is 5.38. The van der Waals surface area contributed by atoms with E-state index in [0.717, 1.165) is 15.6 Å². The van der Waals surface area contributed by atoms with Crippen LogP contribution < -0.4 is 26.4 Å². The van der Waals surface area contributed by atoms with Gasteiger partial charge in [-0.3, -0.25) is 0 Å². The SMILES string of the molecule is C=CC[n+]1nc(C)sc1/C=C/c1cccc(O)c1OC.[Br-]. The van der Waals surface area contributed by atoms with Crippen LogP contribution in [-0.2, 0) is 6.54 Å². The van der Waals surface area contributed by atoms with Gasteiger partial charge in [-0.25, -0.2) is 0 Å². The van der Waals surface area contributed by atoms with E-state index in [9.17, 15) is 5.11 Å². The molecule has 2 rings (SSSR count). The fraction of sp³-hybridized carbons (Fsp3) is 0.200. The van der Waals surface area contributed by atoms with Crippen molar-refractivity contribution in [2.24, 2.45) is 0 Å². The van der Waals surface area contributed by atoms with Crippen LogP contribution in [-0.4, -0.2) is 17.3 Å². The fourth-order valence-electron chi connectivity index (χ4n) is 1.87. The quantitative estimate of drug-likeness (QED) is 0.587. The monoisotopic (exact) mass is 368 g/mol. The van der Waals surface area contributed by atoms with Gasteiger partial charge in [0.2, 0.25) is 0 Å². The van der Waals surface area contributed by atoms with Gasteiger partial charge in [-0.05, 0) is 36.5 Å². The number of aromatic nitrogens is 2. The van der Waals surface area contributed by atoms with E-state index in [1.54, 1.807) is 30.6 Å². The molecule has 0 amide bonds. The van der Waals surface area contributed by atoms with Crippen molar-refractivity contribution in [3.05, 3.63) is 46.4 Å². The first-order valence-corrected chi connectivity index (χ1v) is 7.00. The maximum absolute atomic E-state index is 9.74. The highest BCUT2D eigenvalue weighted by Crippen LogP contribution is 2.30. The number of phenolic OH excluding ortho intramolecular Hbond substituents is 1. The molecule has 0 saturated heterocycles. The van der Waals surface area contributed by atoms with E-state index in [2.05, 4.69) is 11.7 Å². The van der Waals surface area contributed by atoms with E-state index in [4.69, 9.17) is 4.74 Å². The van der Waals surface area contributed by atoms with Gasteiger partial charge in [0.1, 0.15) is 0 Å². The summed E-state index contributed by atoms with van der Waals surface area (Å²) in [5, 5.41) is 16.2. The van der Waals surface area contributed by atoms with Crippen LogP contribution in [0, 0.1) is 6.92 Å². The molecule has 0 aliphatic rings. The highest BCUT2D eigenvalue weighted by Gasteiger charge is 2.14. The molecule has 0 bridgehead atoms. The first-order valence-electron chi connectivity index (χ1n) is 6.18. The molecular weight excluding hydrogens is 352 g/mol. The number of ether oxygens (including phenoxy) is 1. The number of rotatable bonds is 5. The zero-order valence-corrected chi connectivity index (χ0v) is 14.3. The van der Waals surface area contributed by atoms with Crippen LogP contribution in [0.1, 0.15) is 15.6 Å². The van der Waals surface area contributed by atoms with Crippen molar-refractivity contribution in [3.63, 3.8) is 0 Å². The topological polar surface area (TPSA) is 46.2 Å². The average molecular weight is 369 g/mol. The molecule has 0 radical (unpaired) electrons. The second-order valence-electron chi connectivity index (χ2n) is 4.16. The summed E-state index contributed by atoms with van der Waals surface area (Å²) in [5.74, 6) is 0.606. The van der Waals surface area contributed by atoms with Gasteiger partial charge in [-0.1, -0.05) is 23.4 Å². The van der Waals surface area contributed by atoms with E-state index in [1.807, 2.05) is 35.9 Å². The zero-order valence-electron chi connectivity index (χ0n) is 11.9. The van der Waals surface area contributed by atoms with Crippen LogP contribution in [0.2, 0.25) is 0 Å². The van der Waals surface area contributed by atoms with Gasteiger partial charge in [0.05, 0.1) is 7.11 Å². The summed E-state index contributed by atoms with van der Waals surface area (Å²) in [6, 6.07) is 5.28. The number of allylic oxidation sites excluding steroid dienone is 1. The second kappa shape index (κ2) is 7.95. The Labute approximate surface area is 138 Å². The number of benzene rings is 1. The van der Waals surface area contributed by atoms with Crippen molar-refractivity contribution in [1.29, 1.82) is 0 Å². The van der Waals surface area contributed by atoms with Crippen LogP contribution in [0.5, 0.6) is 11.5 Å². The van der Waals surface area contributed by atoms with E-state index in [0.29, 0.717) is 12.3 Å². The summed E-state index contributed by atoms with van der Waals surface area (Å²) in [5.41, 5.74) is 0.823. The van der Waals surface area contributed by atoms with Crippen LogP contribution in [0.15, 0.2) is 30.9 Å². The van der Waals surface area contributed by atoms with Gasteiger partial charge in [-0.15, -0.1) is 0 Å². The molecule has 0 unspecified atom stereocenters. The summed E-state index contributed by atoms with van der Waals surface area (Å²) in [6.07, 6.45) is 5.68. The minimum Gasteiger partial charge on any atom is -1.00 e. The van der Waals surface area contributed by atoms with Gasteiger partial charge in [0.15, 0.2) is 23.1 Å². The molecule has 0 atom stereocenters. The molecule has 4 nitrogen and oxygen atoms in total. The van der Waals surface area contributed by atoms with Crippen LogP contribution in [0.25, 0.3) is 12.2 Å². The number of aromatic hydroxyl groups is 1. The first-order chi connectivity index (χ1) is 9.65.